The van der Waals surface area contributed by atoms with E-state index >= 15 is 0 Å². The van der Waals surface area contributed by atoms with Gasteiger partial charge in [-0.2, -0.15) is 0 Å². The van der Waals surface area contributed by atoms with E-state index < -0.39 is 0 Å². The Morgan fingerprint density at radius 2 is 1.94 bits per heavy atom. The first-order valence-electron chi connectivity index (χ1n) is 6.09. The SMILES string of the molecule is Cc1cc(C)c2ncc3c(c2c1)NCCNC3=O. The summed E-state index contributed by atoms with van der Waals surface area (Å²) in [6.45, 7) is 5.48. The number of amides is 1. The summed E-state index contributed by atoms with van der Waals surface area (Å²) in [7, 11) is 0. The molecule has 0 radical (unpaired) electrons. The minimum Gasteiger partial charge on any atom is -0.382 e. The van der Waals surface area contributed by atoms with Gasteiger partial charge in [-0.05, 0) is 25.5 Å². The summed E-state index contributed by atoms with van der Waals surface area (Å²) in [6.07, 6.45) is 1.66. The Kier molecular flexibility index (Phi) is 2.44. The van der Waals surface area contributed by atoms with Crippen molar-refractivity contribution in [3.63, 3.8) is 0 Å². The van der Waals surface area contributed by atoms with E-state index in [0.29, 0.717) is 12.1 Å². The molecule has 0 saturated carbocycles. The predicted molar refractivity (Wildman–Crippen MR) is 72.0 cm³/mol. The summed E-state index contributed by atoms with van der Waals surface area (Å²) in [5.41, 5.74) is 4.81. The van der Waals surface area contributed by atoms with Gasteiger partial charge in [0, 0.05) is 24.7 Å². The Balaban J connectivity index is 2.37. The molecule has 2 heterocycles. The van der Waals surface area contributed by atoms with Gasteiger partial charge in [0.25, 0.3) is 5.91 Å². The van der Waals surface area contributed by atoms with E-state index in [1.54, 1.807) is 6.20 Å². The highest BCUT2D eigenvalue weighted by Crippen LogP contribution is 2.29. The van der Waals surface area contributed by atoms with E-state index in [9.17, 15) is 4.79 Å². The molecule has 0 aliphatic carbocycles. The zero-order valence-corrected chi connectivity index (χ0v) is 10.5. The first kappa shape index (κ1) is 11.0. The molecule has 0 bridgehead atoms. The van der Waals surface area contributed by atoms with E-state index in [4.69, 9.17) is 0 Å². The largest absolute Gasteiger partial charge is 0.382 e. The summed E-state index contributed by atoms with van der Waals surface area (Å²) in [5.74, 6) is -0.0523. The van der Waals surface area contributed by atoms with E-state index in [2.05, 4.69) is 34.7 Å². The number of rotatable bonds is 0. The van der Waals surface area contributed by atoms with Gasteiger partial charge in [0.15, 0.2) is 0 Å². The van der Waals surface area contributed by atoms with Crippen LogP contribution in [0.25, 0.3) is 10.9 Å². The van der Waals surface area contributed by atoms with Crippen molar-refractivity contribution < 1.29 is 4.79 Å². The van der Waals surface area contributed by atoms with Crippen LogP contribution in [0.2, 0.25) is 0 Å². The number of fused-ring (bicyclic) bond motifs is 3. The van der Waals surface area contributed by atoms with Crippen LogP contribution >= 0.6 is 0 Å². The lowest BCUT2D eigenvalue weighted by molar-refractivity contribution is 0.0958. The lowest BCUT2D eigenvalue weighted by atomic mass is 10.0. The number of hydrogen-bond acceptors (Lipinski definition) is 3. The van der Waals surface area contributed by atoms with Crippen LogP contribution in [0.4, 0.5) is 5.69 Å². The molecule has 4 heteroatoms. The first-order chi connectivity index (χ1) is 8.66. The maximum Gasteiger partial charge on any atom is 0.255 e. The number of carbonyl (C=O) groups is 1. The standard InChI is InChI=1S/C14H15N3O/c1-8-5-9(2)12-10(6-8)13-11(7-17-12)14(18)16-4-3-15-13/h5-7,15H,3-4H2,1-2H3,(H,16,18). The van der Waals surface area contributed by atoms with Gasteiger partial charge in [0.05, 0.1) is 16.8 Å². The molecule has 0 saturated heterocycles. The number of aromatic nitrogens is 1. The smallest absolute Gasteiger partial charge is 0.255 e. The number of aryl methyl sites for hydroxylation is 2. The Hall–Kier alpha value is -2.10. The van der Waals surface area contributed by atoms with Crippen molar-refractivity contribution in [1.82, 2.24) is 10.3 Å². The second-order valence-corrected chi connectivity index (χ2v) is 4.71. The minimum atomic E-state index is -0.0523. The lowest BCUT2D eigenvalue weighted by Crippen LogP contribution is -2.24. The third-order valence-electron chi connectivity index (χ3n) is 3.26. The van der Waals surface area contributed by atoms with E-state index in [0.717, 1.165) is 28.7 Å². The highest BCUT2D eigenvalue weighted by atomic mass is 16.1. The van der Waals surface area contributed by atoms with Crippen LogP contribution in [0.1, 0.15) is 21.5 Å². The summed E-state index contributed by atoms with van der Waals surface area (Å²) < 4.78 is 0. The van der Waals surface area contributed by atoms with Gasteiger partial charge >= 0.3 is 0 Å². The highest BCUT2D eigenvalue weighted by molar-refractivity contribution is 6.08. The quantitative estimate of drug-likeness (QED) is 0.741. The fraction of sp³-hybridized carbons (Fsp3) is 0.286. The van der Waals surface area contributed by atoms with Crippen LogP contribution < -0.4 is 10.6 Å². The van der Waals surface area contributed by atoms with Crippen LogP contribution in [-0.4, -0.2) is 24.0 Å². The van der Waals surface area contributed by atoms with Crippen molar-refractivity contribution in [2.24, 2.45) is 0 Å². The summed E-state index contributed by atoms with van der Waals surface area (Å²) in [5, 5.41) is 7.21. The topological polar surface area (TPSA) is 54.0 Å². The molecule has 0 fully saturated rings. The third-order valence-corrected chi connectivity index (χ3v) is 3.26. The molecule has 2 aromatic rings. The first-order valence-corrected chi connectivity index (χ1v) is 6.09. The van der Waals surface area contributed by atoms with E-state index in [1.807, 2.05) is 6.92 Å². The molecule has 92 valence electrons. The van der Waals surface area contributed by atoms with Crippen molar-refractivity contribution in [2.45, 2.75) is 13.8 Å². The third kappa shape index (κ3) is 1.61. The molecule has 0 atom stereocenters. The minimum absolute atomic E-state index is 0.0523. The van der Waals surface area contributed by atoms with Crippen LogP contribution in [0.15, 0.2) is 18.3 Å². The monoisotopic (exact) mass is 241 g/mol. The molecule has 1 aliphatic rings. The van der Waals surface area contributed by atoms with Crippen LogP contribution in [0, 0.1) is 13.8 Å². The number of hydrogen-bond donors (Lipinski definition) is 2. The van der Waals surface area contributed by atoms with Gasteiger partial charge in [0.1, 0.15) is 0 Å². The Bertz CT molecular complexity index is 649. The number of carbonyl (C=O) groups excluding carboxylic acids is 1. The zero-order chi connectivity index (χ0) is 12.7. The van der Waals surface area contributed by atoms with E-state index in [1.165, 1.54) is 5.56 Å². The van der Waals surface area contributed by atoms with Crippen LogP contribution in [0.3, 0.4) is 0 Å². The van der Waals surface area contributed by atoms with Crippen molar-refractivity contribution in [1.29, 1.82) is 0 Å². The lowest BCUT2D eigenvalue weighted by Gasteiger charge is -2.11. The second-order valence-electron chi connectivity index (χ2n) is 4.71. The number of benzene rings is 1. The summed E-state index contributed by atoms with van der Waals surface area (Å²) in [6, 6.07) is 4.19. The molecular formula is C14H15N3O. The molecule has 1 aliphatic heterocycles. The normalized spacial score (nSPS) is 14.7. The maximum atomic E-state index is 11.9. The predicted octanol–water partition coefficient (Wildman–Crippen LogP) is 2.01. The molecular weight excluding hydrogens is 226 g/mol. The number of pyridine rings is 1. The maximum absolute atomic E-state index is 11.9. The zero-order valence-electron chi connectivity index (χ0n) is 10.5. The van der Waals surface area contributed by atoms with Gasteiger partial charge in [0.2, 0.25) is 0 Å². The van der Waals surface area contributed by atoms with Gasteiger partial charge in [-0.15, -0.1) is 0 Å². The van der Waals surface area contributed by atoms with Crippen molar-refractivity contribution in [2.75, 3.05) is 18.4 Å². The fourth-order valence-corrected chi connectivity index (χ4v) is 2.48. The van der Waals surface area contributed by atoms with Crippen LogP contribution in [-0.2, 0) is 0 Å². The fourth-order valence-electron chi connectivity index (χ4n) is 2.48. The van der Waals surface area contributed by atoms with Crippen molar-refractivity contribution >= 4 is 22.5 Å². The second kappa shape index (κ2) is 3.98. The molecule has 0 spiro atoms. The molecule has 18 heavy (non-hydrogen) atoms. The van der Waals surface area contributed by atoms with Gasteiger partial charge < -0.3 is 10.6 Å². The number of anilines is 1. The molecule has 3 rings (SSSR count). The van der Waals surface area contributed by atoms with E-state index in [-0.39, 0.29) is 5.91 Å². The Morgan fingerprint density at radius 3 is 2.78 bits per heavy atom. The summed E-state index contributed by atoms with van der Waals surface area (Å²) >= 11 is 0. The number of nitrogens with zero attached hydrogens (tertiary/aromatic N) is 1. The summed E-state index contributed by atoms with van der Waals surface area (Å²) in [4.78, 5) is 16.4. The Labute approximate surface area is 105 Å². The van der Waals surface area contributed by atoms with Gasteiger partial charge in [-0.3, -0.25) is 9.78 Å². The Morgan fingerprint density at radius 1 is 1.17 bits per heavy atom. The molecule has 1 amide bonds. The average Bonchev–Trinajstić information content (AvgIpc) is 2.51. The van der Waals surface area contributed by atoms with Crippen molar-refractivity contribution in [3.05, 3.63) is 35.0 Å². The molecule has 1 aromatic heterocycles. The van der Waals surface area contributed by atoms with Crippen molar-refractivity contribution in [3.8, 4) is 0 Å². The molecule has 2 N–H and O–H groups in total. The molecule has 1 aromatic carbocycles. The van der Waals surface area contributed by atoms with Crippen LogP contribution in [0.5, 0.6) is 0 Å². The number of nitrogens with one attached hydrogen (secondary N) is 2. The molecule has 0 unspecified atom stereocenters. The average molecular weight is 241 g/mol. The van der Waals surface area contributed by atoms with Gasteiger partial charge in [-0.1, -0.05) is 11.6 Å². The highest BCUT2D eigenvalue weighted by Gasteiger charge is 2.18. The molecule has 4 nitrogen and oxygen atoms in total. The van der Waals surface area contributed by atoms with Gasteiger partial charge in [-0.25, -0.2) is 0 Å².